The SMILES string of the molecule is COC(C)(CN)c1ncccc1C(F)(F)F. The van der Waals surface area contributed by atoms with E-state index in [0.717, 1.165) is 6.07 Å². The fraction of sp³-hybridized carbons (Fsp3) is 0.500. The molecule has 0 saturated heterocycles. The van der Waals surface area contributed by atoms with Crippen molar-refractivity contribution in [2.75, 3.05) is 13.7 Å². The highest BCUT2D eigenvalue weighted by atomic mass is 19.4. The number of aromatic nitrogens is 1. The van der Waals surface area contributed by atoms with Gasteiger partial charge in [-0.25, -0.2) is 0 Å². The molecule has 1 unspecified atom stereocenters. The van der Waals surface area contributed by atoms with Crippen molar-refractivity contribution in [2.45, 2.75) is 18.7 Å². The molecule has 16 heavy (non-hydrogen) atoms. The van der Waals surface area contributed by atoms with Crippen LogP contribution >= 0.6 is 0 Å². The molecule has 1 aromatic rings. The molecule has 0 saturated carbocycles. The molecule has 6 heteroatoms. The van der Waals surface area contributed by atoms with E-state index in [4.69, 9.17) is 10.5 Å². The lowest BCUT2D eigenvalue weighted by molar-refractivity contribution is -0.141. The van der Waals surface area contributed by atoms with Gasteiger partial charge in [-0.15, -0.1) is 0 Å². The Hall–Kier alpha value is -1.14. The zero-order chi connectivity index (χ0) is 12.4. The lowest BCUT2D eigenvalue weighted by atomic mass is 9.96. The van der Waals surface area contributed by atoms with E-state index in [2.05, 4.69) is 4.98 Å². The van der Waals surface area contributed by atoms with Gasteiger partial charge in [0.25, 0.3) is 0 Å². The van der Waals surface area contributed by atoms with Crippen LogP contribution in [-0.4, -0.2) is 18.6 Å². The number of alkyl halides is 3. The van der Waals surface area contributed by atoms with Crippen molar-refractivity contribution >= 4 is 0 Å². The molecule has 1 aromatic heterocycles. The molecule has 1 rings (SSSR count). The maximum Gasteiger partial charge on any atom is 0.418 e. The summed E-state index contributed by atoms with van der Waals surface area (Å²) in [4.78, 5) is 3.73. The second-order valence-corrected chi connectivity index (χ2v) is 3.54. The fourth-order valence-electron chi connectivity index (χ4n) is 1.33. The molecule has 0 aliphatic carbocycles. The van der Waals surface area contributed by atoms with E-state index < -0.39 is 17.3 Å². The van der Waals surface area contributed by atoms with Crippen LogP contribution in [0.1, 0.15) is 18.2 Å². The van der Waals surface area contributed by atoms with Crippen molar-refractivity contribution in [3.05, 3.63) is 29.6 Å². The van der Waals surface area contributed by atoms with Gasteiger partial charge in [0.1, 0.15) is 5.60 Å². The van der Waals surface area contributed by atoms with E-state index in [1.165, 1.54) is 26.3 Å². The molecule has 90 valence electrons. The van der Waals surface area contributed by atoms with Crippen molar-refractivity contribution < 1.29 is 17.9 Å². The topological polar surface area (TPSA) is 48.1 Å². The van der Waals surface area contributed by atoms with Crippen molar-refractivity contribution in [2.24, 2.45) is 5.73 Å². The first-order valence-electron chi connectivity index (χ1n) is 4.63. The van der Waals surface area contributed by atoms with E-state index in [1.54, 1.807) is 0 Å². The minimum absolute atomic E-state index is 0.0798. The van der Waals surface area contributed by atoms with Gasteiger partial charge >= 0.3 is 6.18 Å². The normalized spacial score (nSPS) is 15.9. The minimum atomic E-state index is -4.46. The second kappa shape index (κ2) is 4.39. The summed E-state index contributed by atoms with van der Waals surface area (Å²) in [5, 5.41) is 0. The average Bonchev–Trinajstić information content (AvgIpc) is 2.27. The van der Waals surface area contributed by atoms with Gasteiger partial charge in [-0.3, -0.25) is 4.98 Å². The summed E-state index contributed by atoms with van der Waals surface area (Å²) in [5.74, 6) is 0. The smallest absolute Gasteiger partial charge is 0.371 e. The number of ether oxygens (including phenoxy) is 1. The number of hydrogen-bond donors (Lipinski definition) is 1. The Morgan fingerprint density at radius 2 is 2.06 bits per heavy atom. The van der Waals surface area contributed by atoms with Crippen LogP contribution in [0.15, 0.2) is 18.3 Å². The lowest BCUT2D eigenvalue weighted by Crippen LogP contribution is -2.36. The summed E-state index contributed by atoms with van der Waals surface area (Å²) in [6, 6.07) is 2.20. The summed E-state index contributed by atoms with van der Waals surface area (Å²) in [5.41, 5.74) is 3.20. The first kappa shape index (κ1) is 12.9. The molecular weight excluding hydrogens is 221 g/mol. The largest absolute Gasteiger partial charge is 0.418 e. The molecule has 0 radical (unpaired) electrons. The van der Waals surface area contributed by atoms with E-state index in [0.29, 0.717) is 0 Å². The number of nitrogens with two attached hydrogens (primary N) is 1. The van der Waals surface area contributed by atoms with E-state index >= 15 is 0 Å². The first-order valence-corrected chi connectivity index (χ1v) is 4.63. The summed E-state index contributed by atoms with van der Waals surface area (Å²) in [7, 11) is 1.31. The van der Waals surface area contributed by atoms with Crippen LogP contribution in [0.3, 0.4) is 0 Å². The van der Waals surface area contributed by atoms with Gasteiger partial charge in [-0.1, -0.05) is 0 Å². The number of methoxy groups -OCH3 is 1. The highest BCUT2D eigenvalue weighted by Gasteiger charge is 2.40. The van der Waals surface area contributed by atoms with Crippen LogP contribution < -0.4 is 5.73 Å². The predicted molar refractivity (Wildman–Crippen MR) is 52.7 cm³/mol. The Morgan fingerprint density at radius 3 is 2.50 bits per heavy atom. The Labute approximate surface area is 91.4 Å². The molecule has 1 heterocycles. The maximum absolute atomic E-state index is 12.7. The van der Waals surface area contributed by atoms with Gasteiger partial charge in [0.15, 0.2) is 0 Å². The number of nitrogens with zero attached hydrogens (tertiary/aromatic N) is 1. The molecule has 0 aliphatic rings. The first-order chi connectivity index (χ1) is 7.35. The standard InChI is InChI=1S/C10H13F3N2O/c1-9(6-14,16-2)8-7(10(11,12)13)4-3-5-15-8/h3-5H,6,14H2,1-2H3. The lowest BCUT2D eigenvalue weighted by Gasteiger charge is -2.28. The molecule has 1 atom stereocenters. The van der Waals surface area contributed by atoms with Gasteiger partial charge in [-0.05, 0) is 19.1 Å². The second-order valence-electron chi connectivity index (χ2n) is 3.54. The summed E-state index contributed by atoms with van der Waals surface area (Å²) in [6.45, 7) is 1.40. The Balaban J connectivity index is 3.34. The Morgan fingerprint density at radius 1 is 1.44 bits per heavy atom. The van der Waals surface area contributed by atoms with Gasteiger partial charge < -0.3 is 10.5 Å². The summed E-state index contributed by atoms with van der Waals surface area (Å²) < 4.78 is 43.2. The molecular formula is C10H13F3N2O. The van der Waals surface area contributed by atoms with Gasteiger partial charge in [0.2, 0.25) is 0 Å². The molecule has 0 amide bonds. The highest BCUT2D eigenvalue weighted by molar-refractivity contribution is 5.28. The quantitative estimate of drug-likeness (QED) is 0.869. The van der Waals surface area contributed by atoms with E-state index in [1.807, 2.05) is 0 Å². The summed E-state index contributed by atoms with van der Waals surface area (Å²) >= 11 is 0. The molecule has 0 fully saturated rings. The zero-order valence-electron chi connectivity index (χ0n) is 9.01. The third-order valence-electron chi connectivity index (χ3n) is 2.45. The van der Waals surface area contributed by atoms with Crippen LogP contribution in [0.5, 0.6) is 0 Å². The van der Waals surface area contributed by atoms with Gasteiger partial charge in [-0.2, -0.15) is 13.2 Å². The third-order valence-corrected chi connectivity index (χ3v) is 2.45. The monoisotopic (exact) mass is 234 g/mol. The third kappa shape index (κ3) is 2.33. The zero-order valence-corrected chi connectivity index (χ0v) is 9.01. The molecule has 0 spiro atoms. The predicted octanol–water partition coefficient (Wildman–Crippen LogP) is 1.92. The Kier molecular flexibility index (Phi) is 3.54. The van der Waals surface area contributed by atoms with Crippen molar-refractivity contribution in [1.29, 1.82) is 0 Å². The minimum Gasteiger partial charge on any atom is -0.371 e. The van der Waals surface area contributed by atoms with Crippen LogP contribution in [-0.2, 0) is 16.5 Å². The number of halogens is 3. The highest BCUT2D eigenvalue weighted by Crippen LogP contribution is 2.36. The van der Waals surface area contributed by atoms with Crippen LogP contribution in [0.4, 0.5) is 13.2 Å². The molecule has 2 N–H and O–H groups in total. The summed E-state index contributed by atoms with van der Waals surface area (Å²) in [6.07, 6.45) is -3.17. The molecule has 0 aliphatic heterocycles. The van der Waals surface area contributed by atoms with Crippen molar-refractivity contribution in [3.8, 4) is 0 Å². The van der Waals surface area contributed by atoms with E-state index in [9.17, 15) is 13.2 Å². The van der Waals surface area contributed by atoms with Crippen LogP contribution in [0, 0.1) is 0 Å². The number of hydrogen-bond acceptors (Lipinski definition) is 3. The molecule has 0 bridgehead atoms. The number of pyridine rings is 1. The van der Waals surface area contributed by atoms with Crippen molar-refractivity contribution in [3.63, 3.8) is 0 Å². The van der Waals surface area contributed by atoms with Gasteiger partial charge in [0.05, 0.1) is 11.3 Å². The van der Waals surface area contributed by atoms with E-state index in [-0.39, 0.29) is 12.2 Å². The average molecular weight is 234 g/mol. The van der Waals surface area contributed by atoms with Crippen LogP contribution in [0.25, 0.3) is 0 Å². The molecule has 0 aromatic carbocycles. The van der Waals surface area contributed by atoms with Crippen LogP contribution in [0.2, 0.25) is 0 Å². The maximum atomic E-state index is 12.7. The fourth-order valence-corrected chi connectivity index (χ4v) is 1.33. The Bertz CT molecular complexity index is 361. The molecule has 3 nitrogen and oxygen atoms in total. The van der Waals surface area contributed by atoms with Gasteiger partial charge in [0, 0.05) is 19.9 Å². The number of rotatable bonds is 3. The van der Waals surface area contributed by atoms with Crippen molar-refractivity contribution in [1.82, 2.24) is 4.98 Å².